The summed E-state index contributed by atoms with van der Waals surface area (Å²) in [4.78, 5) is 11.8. The van der Waals surface area contributed by atoms with E-state index in [0.29, 0.717) is 13.0 Å². The molecule has 20 heavy (non-hydrogen) atoms. The summed E-state index contributed by atoms with van der Waals surface area (Å²) in [7, 11) is 1.80. The minimum atomic E-state index is -1.10. The number of hydrogen-bond acceptors (Lipinski definition) is 3. The van der Waals surface area contributed by atoms with Crippen molar-refractivity contribution < 1.29 is 13.6 Å². The molecule has 0 saturated carbocycles. The minimum Gasteiger partial charge on any atom is -0.398 e. The van der Waals surface area contributed by atoms with Crippen molar-refractivity contribution in [2.45, 2.75) is 6.42 Å². The number of aryl methyl sites for hydroxylation is 1. The standard InChI is InChI=1S/C13H14F2N4O/c1-19-5-3-8(18-19)2-4-17-13(20)9-6-10(14)11(15)7-12(9)16/h3,5-7H,2,4,16H2,1H3,(H,17,20). The molecule has 0 aliphatic heterocycles. The third-order valence-electron chi connectivity index (χ3n) is 2.77. The maximum atomic E-state index is 13.1. The number of benzene rings is 1. The average molecular weight is 280 g/mol. The van der Waals surface area contributed by atoms with Gasteiger partial charge in [0.2, 0.25) is 0 Å². The number of carbonyl (C=O) groups excluding carboxylic acids is 1. The first-order valence-electron chi connectivity index (χ1n) is 5.98. The molecule has 1 heterocycles. The van der Waals surface area contributed by atoms with E-state index in [0.717, 1.165) is 17.8 Å². The fourth-order valence-corrected chi connectivity index (χ4v) is 1.75. The number of nitrogens with two attached hydrogens (primary N) is 1. The van der Waals surface area contributed by atoms with Gasteiger partial charge < -0.3 is 11.1 Å². The molecule has 0 fully saturated rings. The van der Waals surface area contributed by atoms with Gasteiger partial charge in [0.15, 0.2) is 11.6 Å². The molecule has 0 radical (unpaired) electrons. The van der Waals surface area contributed by atoms with Crippen LogP contribution < -0.4 is 11.1 Å². The van der Waals surface area contributed by atoms with Crippen LogP contribution in [0.2, 0.25) is 0 Å². The number of nitrogen functional groups attached to an aromatic ring is 1. The van der Waals surface area contributed by atoms with Crippen LogP contribution >= 0.6 is 0 Å². The zero-order chi connectivity index (χ0) is 14.7. The summed E-state index contributed by atoms with van der Waals surface area (Å²) in [6.07, 6.45) is 2.33. The van der Waals surface area contributed by atoms with E-state index in [1.165, 1.54) is 0 Å². The Hall–Kier alpha value is -2.44. The van der Waals surface area contributed by atoms with E-state index in [-0.39, 0.29) is 11.3 Å². The van der Waals surface area contributed by atoms with Gasteiger partial charge in [-0.05, 0) is 12.1 Å². The summed E-state index contributed by atoms with van der Waals surface area (Å²) in [5.41, 5.74) is 6.14. The van der Waals surface area contributed by atoms with Gasteiger partial charge in [-0.3, -0.25) is 9.48 Å². The predicted molar refractivity (Wildman–Crippen MR) is 70.0 cm³/mol. The molecule has 5 nitrogen and oxygen atoms in total. The molecule has 0 saturated heterocycles. The van der Waals surface area contributed by atoms with E-state index in [9.17, 15) is 13.6 Å². The summed E-state index contributed by atoms with van der Waals surface area (Å²) in [6, 6.07) is 3.42. The number of anilines is 1. The lowest BCUT2D eigenvalue weighted by atomic mass is 10.1. The van der Waals surface area contributed by atoms with E-state index >= 15 is 0 Å². The largest absolute Gasteiger partial charge is 0.398 e. The number of aromatic nitrogens is 2. The van der Waals surface area contributed by atoms with Crippen molar-refractivity contribution in [2.75, 3.05) is 12.3 Å². The van der Waals surface area contributed by atoms with Gasteiger partial charge in [-0.1, -0.05) is 0 Å². The van der Waals surface area contributed by atoms with Crippen molar-refractivity contribution >= 4 is 11.6 Å². The van der Waals surface area contributed by atoms with Gasteiger partial charge in [0, 0.05) is 38.0 Å². The Morgan fingerprint density at radius 3 is 2.75 bits per heavy atom. The Morgan fingerprint density at radius 2 is 2.10 bits per heavy atom. The first kappa shape index (κ1) is 14.0. The molecule has 1 amide bonds. The number of hydrogen-bond donors (Lipinski definition) is 2. The highest BCUT2D eigenvalue weighted by Crippen LogP contribution is 2.16. The molecular weight excluding hydrogens is 266 g/mol. The monoisotopic (exact) mass is 280 g/mol. The van der Waals surface area contributed by atoms with Crippen LogP contribution in [0.1, 0.15) is 16.1 Å². The molecule has 7 heteroatoms. The van der Waals surface area contributed by atoms with Gasteiger partial charge in [0.1, 0.15) is 0 Å². The first-order valence-corrected chi connectivity index (χ1v) is 5.98. The molecule has 1 aromatic carbocycles. The molecular formula is C13H14F2N4O. The highest BCUT2D eigenvalue weighted by atomic mass is 19.2. The number of rotatable bonds is 4. The van der Waals surface area contributed by atoms with Gasteiger partial charge in [0.05, 0.1) is 11.3 Å². The lowest BCUT2D eigenvalue weighted by Crippen LogP contribution is -2.27. The highest BCUT2D eigenvalue weighted by Gasteiger charge is 2.14. The zero-order valence-electron chi connectivity index (χ0n) is 10.9. The Labute approximate surface area is 114 Å². The molecule has 3 N–H and O–H groups in total. The van der Waals surface area contributed by atoms with E-state index in [2.05, 4.69) is 10.4 Å². The van der Waals surface area contributed by atoms with E-state index in [1.807, 2.05) is 6.07 Å². The Kier molecular flexibility index (Phi) is 3.97. The predicted octanol–water partition coefficient (Wildman–Crippen LogP) is 1.25. The average Bonchev–Trinajstić information content (AvgIpc) is 2.79. The molecule has 106 valence electrons. The minimum absolute atomic E-state index is 0.0788. The highest BCUT2D eigenvalue weighted by molar-refractivity contribution is 5.99. The number of halogens is 2. The van der Waals surface area contributed by atoms with Gasteiger partial charge in [-0.15, -0.1) is 0 Å². The van der Waals surface area contributed by atoms with Crippen LogP contribution in [0.4, 0.5) is 14.5 Å². The number of amides is 1. The van der Waals surface area contributed by atoms with Crippen LogP contribution in [0.25, 0.3) is 0 Å². The quantitative estimate of drug-likeness (QED) is 0.828. The van der Waals surface area contributed by atoms with Crippen LogP contribution in [0.3, 0.4) is 0 Å². The van der Waals surface area contributed by atoms with Crippen LogP contribution in [0.5, 0.6) is 0 Å². The summed E-state index contributed by atoms with van der Waals surface area (Å²) < 4.78 is 27.6. The molecule has 2 rings (SSSR count). The third-order valence-corrected chi connectivity index (χ3v) is 2.77. The van der Waals surface area contributed by atoms with Gasteiger partial charge in [-0.25, -0.2) is 8.78 Å². The van der Waals surface area contributed by atoms with Crippen molar-refractivity contribution in [3.05, 3.63) is 47.3 Å². The van der Waals surface area contributed by atoms with Crippen molar-refractivity contribution in [1.82, 2.24) is 15.1 Å². The van der Waals surface area contributed by atoms with Crippen molar-refractivity contribution in [1.29, 1.82) is 0 Å². The van der Waals surface area contributed by atoms with Crippen LogP contribution in [-0.2, 0) is 13.5 Å². The molecule has 0 aliphatic carbocycles. The lowest BCUT2D eigenvalue weighted by molar-refractivity contribution is 0.0954. The van der Waals surface area contributed by atoms with Crippen molar-refractivity contribution in [2.24, 2.45) is 7.05 Å². The number of carbonyl (C=O) groups is 1. The zero-order valence-corrected chi connectivity index (χ0v) is 10.9. The SMILES string of the molecule is Cn1ccc(CCNC(=O)c2cc(F)c(F)cc2N)n1. The maximum Gasteiger partial charge on any atom is 0.253 e. The van der Waals surface area contributed by atoms with E-state index < -0.39 is 17.5 Å². The van der Waals surface area contributed by atoms with Gasteiger partial charge >= 0.3 is 0 Å². The molecule has 0 unspecified atom stereocenters. The smallest absolute Gasteiger partial charge is 0.253 e. The van der Waals surface area contributed by atoms with Crippen molar-refractivity contribution in [3.63, 3.8) is 0 Å². The van der Waals surface area contributed by atoms with E-state index in [1.54, 1.807) is 17.9 Å². The topological polar surface area (TPSA) is 72.9 Å². The van der Waals surface area contributed by atoms with Crippen LogP contribution in [-0.4, -0.2) is 22.2 Å². The first-order chi connectivity index (χ1) is 9.47. The fraction of sp³-hybridized carbons (Fsp3) is 0.231. The summed E-state index contributed by atoms with van der Waals surface area (Å²) in [5.74, 6) is -2.72. The third kappa shape index (κ3) is 3.11. The van der Waals surface area contributed by atoms with Crippen LogP contribution in [0.15, 0.2) is 24.4 Å². The molecule has 0 atom stereocenters. The second kappa shape index (κ2) is 5.68. The Morgan fingerprint density at radius 1 is 1.40 bits per heavy atom. The molecule has 1 aromatic heterocycles. The molecule has 0 bridgehead atoms. The molecule has 2 aromatic rings. The lowest BCUT2D eigenvalue weighted by Gasteiger charge is -2.07. The van der Waals surface area contributed by atoms with Crippen molar-refractivity contribution in [3.8, 4) is 0 Å². The summed E-state index contributed by atoms with van der Waals surface area (Å²) >= 11 is 0. The number of nitrogens with one attached hydrogen (secondary N) is 1. The molecule has 0 aliphatic rings. The van der Waals surface area contributed by atoms with Crippen LogP contribution in [0, 0.1) is 11.6 Å². The fourth-order valence-electron chi connectivity index (χ4n) is 1.75. The maximum absolute atomic E-state index is 13.1. The van der Waals surface area contributed by atoms with E-state index in [4.69, 9.17) is 5.73 Å². The second-order valence-electron chi connectivity index (χ2n) is 4.34. The second-order valence-corrected chi connectivity index (χ2v) is 4.34. The summed E-state index contributed by atoms with van der Waals surface area (Å²) in [6.45, 7) is 0.328. The normalized spacial score (nSPS) is 10.6. The van der Waals surface area contributed by atoms with Gasteiger partial charge in [0.25, 0.3) is 5.91 Å². The Balaban J connectivity index is 1.97. The molecule has 0 spiro atoms. The Bertz CT molecular complexity index is 639. The summed E-state index contributed by atoms with van der Waals surface area (Å²) in [5, 5.41) is 6.74. The number of nitrogens with zero attached hydrogens (tertiary/aromatic N) is 2. The van der Waals surface area contributed by atoms with Gasteiger partial charge in [-0.2, -0.15) is 5.10 Å².